The Morgan fingerprint density at radius 3 is 2.44 bits per heavy atom. The number of benzene rings is 2. The van der Waals surface area contributed by atoms with Crippen molar-refractivity contribution in [2.45, 2.75) is 44.7 Å². The van der Waals surface area contributed by atoms with Crippen LogP contribution in [0.25, 0.3) is 11.0 Å². The fraction of sp³-hybridized carbons (Fsp3) is 0.360. The number of nitrogens with zero attached hydrogens (tertiary/aromatic N) is 4. The van der Waals surface area contributed by atoms with Gasteiger partial charge in [-0.15, -0.1) is 0 Å². The van der Waals surface area contributed by atoms with Crippen LogP contribution in [-0.4, -0.2) is 40.5 Å². The lowest BCUT2D eigenvalue weighted by Crippen LogP contribution is -2.39. The number of ether oxygens (including phenoxy) is 1. The Balaban J connectivity index is 1.31. The van der Waals surface area contributed by atoms with Gasteiger partial charge in [-0.1, -0.05) is 35.5 Å². The highest BCUT2D eigenvalue weighted by molar-refractivity contribution is 7.89. The zero-order valence-electron chi connectivity index (χ0n) is 19.3. The van der Waals surface area contributed by atoms with Crippen LogP contribution in [0.3, 0.4) is 0 Å². The number of hydrogen-bond acceptors (Lipinski definition) is 6. The summed E-state index contributed by atoms with van der Waals surface area (Å²) in [7, 11) is -3.61. The average molecular weight is 481 g/mol. The second kappa shape index (κ2) is 9.23. The van der Waals surface area contributed by atoms with Crippen molar-refractivity contribution in [3.8, 4) is 5.75 Å². The molecule has 0 atom stereocenters. The molecule has 1 fully saturated rings. The van der Waals surface area contributed by atoms with Crippen molar-refractivity contribution in [3.63, 3.8) is 0 Å². The Hall–Kier alpha value is -3.17. The number of fused-ring (bicyclic) bond motifs is 1. The van der Waals surface area contributed by atoms with Gasteiger partial charge in [-0.3, -0.25) is 0 Å². The van der Waals surface area contributed by atoms with Crippen molar-refractivity contribution < 1.29 is 17.7 Å². The van der Waals surface area contributed by atoms with Crippen LogP contribution in [0.5, 0.6) is 5.75 Å². The molecule has 9 heteroatoms. The molecule has 0 radical (unpaired) electrons. The van der Waals surface area contributed by atoms with Crippen LogP contribution in [0.15, 0.2) is 64.0 Å². The van der Waals surface area contributed by atoms with Gasteiger partial charge in [0.2, 0.25) is 10.0 Å². The van der Waals surface area contributed by atoms with Crippen LogP contribution in [-0.2, 0) is 23.2 Å². The maximum absolute atomic E-state index is 13.2. The number of piperidine rings is 1. The second-order valence-electron chi connectivity index (χ2n) is 8.73. The molecule has 0 aliphatic carbocycles. The topological polar surface area (TPSA) is 90.5 Å². The maximum Gasteiger partial charge on any atom is 0.248 e. The van der Waals surface area contributed by atoms with E-state index >= 15 is 0 Å². The predicted octanol–water partition coefficient (Wildman–Crippen LogP) is 4.32. The molecule has 34 heavy (non-hydrogen) atoms. The summed E-state index contributed by atoms with van der Waals surface area (Å²) in [6, 6.07) is 17.8. The minimum absolute atomic E-state index is 0.201. The number of imidazole rings is 1. The molecule has 0 saturated carbocycles. The molecule has 4 aromatic rings. The van der Waals surface area contributed by atoms with Gasteiger partial charge in [-0.25, -0.2) is 13.4 Å². The van der Waals surface area contributed by atoms with E-state index in [4.69, 9.17) is 14.2 Å². The second-order valence-corrected chi connectivity index (χ2v) is 10.6. The summed E-state index contributed by atoms with van der Waals surface area (Å²) in [4.78, 5) is 5.02. The quantitative estimate of drug-likeness (QED) is 0.391. The van der Waals surface area contributed by atoms with Gasteiger partial charge in [0.15, 0.2) is 5.76 Å². The lowest BCUT2D eigenvalue weighted by molar-refractivity contribution is 0.244. The summed E-state index contributed by atoms with van der Waals surface area (Å²) in [5.74, 6) is 2.35. The number of hydrogen-bond donors (Lipinski definition) is 0. The molecule has 5 rings (SSSR count). The highest BCUT2D eigenvalue weighted by Crippen LogP contribution is 2.29. The normalized spacial score (nSPS) is 15.7. The van der Waals surface area contributed by atoms with Gasteiger partial charge in [0, 0.05) is 19.6 Å². The minimum atomic E-state index is -3.61. The number of para-hydroxylation sites is 3. The molecule has 0 spiro atoms. The standard InChI is InChI=1S/C25H28N4O4S/c1-18-25(19(2)33-27-18)34(30,31)28-14-12-20(13-15-28)16-29-23-11-7-6-10-22(23)26-24(29)17-32-21-8-4-3-5-9-21/h3-11,20H,12-17H2,1-2H3. The average Bonchev–Trinajstić information content (AvgIpc) is 3.38. The van der Waals surface area contributed by atoms with E-state index in [9.17, 15) is 8.42 Å². The van der Waals surface area contributed by atoms with Crippen LogP contribution in [0, 0.1) is 19.8 Å². The third-order valence-electron chi connectivity index (χ3n) is 6.42. The molecule has 2 aromatic heterocycles. The van der Waals surface area contributed by atoms with E-state index in [1.165, 1.54) is 0 Å². The van der Waals surface area contributed by atoms with E-state index in [2.05, 4.69) is 15.8 Å². The summed E-state index contributed by atoms with van der Waals surface area (Å²) < 4.78 is 41.2. The first-order valence-corrected chi connectivity index (χ1v) is 12.9. The summed E-state index contributed by atoms with van der Waals surface area (Å²) in [5, 5.41) is 3.82. The third kappa shape index (κ3) is 4.33. The van der Waals surface area contributed by atoms with Crippen LogP contribution in [0.1, 0.15) is 30.1 Å². The van der Waals surface area contributed by atoms with Gasteiger partial charge in [0.1, 0.15) is 28.8 Å². The maximum atomic E-state index is 13.2. The summed E-state index contributed by atoms with van der Waals surface area (Å²) in [6.45, 7) is 5.40. The SMILES string of the molecule is Cc1noc(C)c1S(=O)(=O)N1CCC(Cn2c(COc3ccccc3)nc3ccccc32)CC1. The van der Waals surface area contributed by atoms with E-state index in [-0.39, 0.29) is 4.90 Å². The Morgan fingerprint density at radius 2 is 1.74 bits per heavy atom. The molecule has 0 unspecified atom stereocenters. The van der Waals surface area contributed by atoms with E-state index in [0.717, 1.165) is 42.0 Å². The molecular formula is C25H28N4O4S. The van der Waals surface area contributed by atoms with Crippen molar-refractivity contribution in [1.82, 2.24) is 19.0 Å². The van der Waals surface area contributed by atoms with Crippen molar-refractivity contribution in [3.05, 3.63) is 71.9 Å². The zero-order valence-corrected chi connectivity index (χ0v) is 20.2. The molecule has 1 aliphatic heterocycles. The van der Waals surface area contributed by atoms with Gasteiger partial charge in [0.25, 0.3) is 0 Å². The molecule has 0 amide bonds. The Morgan fingerprint density at radius 1 is 1.03 bits per heavy atom. The van der Waals surface area contributed by atoms with Crippen LogP contribution < -0.4 is 4.74 Å². The monoisotopic (exact) mass is 480 g/mol. The Kier molecular flexibility index (Phi) is 6.14. The largest absolute Gasteiger partial charge is 0.486 e. The zero-order chi connectivity index (χ0) is 23.7. The Bertz CT molecular complexity index is 1370. The molecule has 1 saturated heterocycles. The smallest absolute Gasteiger partial charge is 0.248 e. The van der Waals surface area contributed by atoms with Gasteiger partial charge < -0.3 is 13.8 Å². The summed E-state index contributed by atoms with van der Waals surface area (Å²) in [5.41, 5.74) is 2.42. The number of rotatable bonds is 7. The molecule has 2 aromatic carbocycles. The van der Waals surface area contributed by atoms with Crippen LogP contribution in [0.2, 0.25) is 0 Å². The predicted molar refractivity (Wildman–Crippen MR) is 128 cm³/mol. The fourth-order valence-corrected chi connectivity index (χ4v) is 6.43. The highest BCUT2D eigenvalue weighted by atomic mass is 32.2. The van der Waals surface area contributed by atoms with Gasteiger partial charge in [-0.2, -0.15) is 4.31 Å². The first kappa shape index (κ1) is 22.6. The molecule has 1 aliphatic rings. The molecule has 3 heterocycles. The third-order valence-corrected chi connectivity index (χ3v) is 8.57. The van der Waals surface area contributed by atoms with Crippen LogP contribution in [0.4, 0.5) is 0 Å². The summed E-state index contributed by atoms with van der Waals surface area (Å²) in [6.07, 6.45) is 1.54. The van der Waals surface area contributed by atoms with E-state index in [0.29, 0.717) is 37.1 Å². The van der Waals surface area contributed by atoms with Crippen LogP contribution >= 0.6 is 0 Å². The fourth-order valence-electron chi connectivity index (χ4n) is 4.67. The first-order chi connectivity index (χ1) is 16.4. The van der Waals surface area contributed by atoms with Gasteiger partial charge in [0.05, 0.1) is 11.0 Å². The van der Waals surface area contributed by atoms with Gasteiger partial charge in [-0.05, 0) is 56.9 Å². The number of aromatic nitrogens is 3. The Labute approximate surface area is 199 Å². The van der Waals surface area contributed by atoms with Gasteiger partial charge >= 0.3 is 0 Å². The minimum Gasteiger partial charge on any atom is -0.486 e. The molecule has 0 N–H and O–H groups in total. The number of sulfonamides is 1. The van der Waals surface area contributed by atoms with E-state index < -0.39 is 10.0 Å². The lowest BCUT2D eigenvalue weighted by atomic mass is 9.98. The molecule has 0 bridgehead atoms. The molecular weight excluding hydrogens is 452 g/mol. The first-order valence-electron chi connectivity index (χ1n) is 11.5. The van der Waals surface area contributed by atoms with Crippen molar-refractivity contribution in [1.29, 1.82) is 0 Å². The summed E-state index contributed by atoms with van der Waals surface area (Å²) >= 11 is 0. The van der Waals surface area contributed by atoms with E-state index in [1.807, 2.05) is 48.5 Å². The molecule has 178 valence electrons. The lowest BCUT2D eigenvalue weighted by Gasteiger charge is -2.31. The van der Waals surface area contributed by atoms with E-state index in [1.54, 1.807) is 18.2 Å². The molecule has 8 nitrogen and oxygen atoms in total. The van der Waals surface area contributed by atoms with Crippen molar-refractivity contribution in [2.75, 3.05) is 13.1 Å². The highest BCUT2D eigenvalue weighted by Gasteiger charge is 2.34. The van der Waals surface area contributed by atoms with Crippen molar-refractivity contribution >= 4 is 21.1 Å². The van der Waals surface area contributed by atoms with Crippen molar-refractivity contribution in [2.24, 2.45) is 5.92 Å². The number of aryl methyl sites for hydroxylation is 2.